The van der Waals surface area contributed by atoms with E-state index in [0.29, 0.717) is 12.2 Å². The molecular formula is C14H14ClFN2O3. The molecule has 0 unspecified atom stereocenters. The predicted octanol–water partition coefficient (Wildman–Crippen LogP) is 2.69. The minimum absolute atomic E-state index is 0.00685. The van der Waals surface area contributed by atoms with Crippen LogP contribution in [-0.2, 0) is 11.3 Å². The molecule has 0 radical (unpaired) electrons. The molecule has 0 spiro atoms. The lowest BCUT2D eigenvalue weighted by molar-refractivity contribution is 0.0523. The largest absolute Gasteiger partial charge is 0.462 e. The summed E-state index contributed by atoms with van der Waals surface area (Å²) in [5.74, 6) is -1.53. The Labute approximate surface area is 125 Å². The van der Waals surface area contributed by atoms with Gasteiger partial charge in [-0.15, -0.1) is 0 Å². The maximum Gasteiger partial charge on any atom is 0.343 e. The Hall–Kier alpha value is -1.95. The summed E-state index contributed by atoms with van der Waals surface area (Å²) < 4.78 is 20.1. The molecule has 0 aliphatic heterocycles. The van der Waals surface area contributed by atoms with Crippen LogP contribution in [0.15, 0.2) is 10.9 Å². The molecule has 0 fully saturated rings. The third kappa shape index (κ3) is 2.51. The zero-order chi connectivity index (χ0) is 15.7. The molecule has 0 saturated heterocycles. The molecular weight excluding hydrogens is 299 g/mol. The third-order valence-electron chi connectivity index (χ3n) is 3.20. The van der Waals surface area contributed by atoms with E-state index in [-0.39, 0.29) is 28.4 Å². The van der Waals surface area contributed by atoms with E-state index in [4.69, 9.17) is 16.3 Å². The van der Waals surface area contributed by atoms with Gasteiger partial charge < -0.3 is 9.30 Å². The van der Waals surface area contributed by atoms with Gasteiger partial charge in [0.15, 0.2) is 11.0 Å². The average molecular weight is 313 g/mol. The van der Waals surface area contributed by atoms with E-state index in [1.165, 1.54) is 0 Å². The number of hydrogen-bond acceptors (Lipinski definition) is 4. The van der Waals surface area contributed by atoms with Crippen LogP contribution in [0.1, 0.15) is 29.9 Å². The molecule has 0 saturated carbocycles. The van der Waals surface area contributed by atoms with Gasteiger partial charge in [0.05, 0.1) is 12.0 Å². The molecule has 2 heterocycles. The van der Waals surface area contributed by atoms with Gasteiger partial charge in [0.1, 0.15) is 11.2 Å². The van der Waals surface area contributed by atoms with Gasteiger partial charge in [-0.05, 0) is 26.8 Å². The fourth-order valence-electron chi connectivity index (χ4n) is 2.25. The highest BCUT2D eigenvalue weighted by Gasteiger charge is 2.22. The highest BCUT2D eigenvalue weighted by molar-refractivity contribution is 6.29. The van der Waals surface area contributed by atoms with Gasteiger partial charge in [-0.1, -0.05) is 11.6 Å². The smallest absolute Gasteiger partial charge is 0.343 e. The number of rotatable bonds is 3. The Morgan fingerprint density at radius 3 is 2.71 bits per heavy atom. The number of hydrogen-bond donors (Lipinski definition) is 0. The van der Waals surface area contributed by atoms with Crippen molar-refractivity contribution in [3.05, 3.63) is 38.5 Å². The van der Waals surface area contributed by atoms with Crippen molar-refractivity contribution in [1.82, 2.24) is 9.55 Å². The summed E-state index contributed by atoms with van der Waals surface area (Å²) in [6, 6.07) is 1.00. The number of esters is 1. The van der Waals surface area contributed by atoms with Gasteiger partial charge in [0.25, 0.3) is 0 Å². The normalized spacial score (nSPS) is 10.9. The van der Waals surface area contributed by atoms with E-state index < -0.39 is 17.2 Å². The number of fused-ring (bicyclic) bond motifs is 1. The summed E-state index contributed by atoms with van der Waals surface area (Å²) in [7, 11) is 0. The molecule has 7 heteroatoms. The van der Waals surface area contributed by atoms with Crippen LogP contribution in [-0.4, -0.2) is 22.1 Å². The Bertz CT molecular complexity index is 786. The Morgan fingerprint density at radius 2 is 2.14 bits per heavy atom. The van der Waals surface area contributed by atoms with Crippen molar-refractivity contribution in [2.75, 3.05) is 6.61 Å². The summed E-state index contributed by atoms with van der Waals surface area (Å²) >= 11 is 5.68. The van der Waals surface area contributed by atoms with Crippen molar-refractivity contribution in [2.45, 2.75) is 27.3 Å². The molecule has 21 heavy (non-hydrogen) atoms. The first-order valence-corrected chi connectivity index (χ1v) is 6.86. The molecule has 0 aromatic carbocycles. The summed E-state index contributed by atoms with van der Waals surface area (Å²) in [5.41, 5.74) is -0.0356. The van der Waals surface area contributed by atoms with Crippen LogP contribution in [0, 0.1) is 12.7 Å². The van der Waals surface area contributed by atoms with Crippen molar-refractivity contribution in [1.29, 1.82) is 0 Å². The first-order chi connectivity index (χ1) is 9.92. The SMILES string of the molecule is CCOC(=O)c1c(C)n(CC)c2nc(Cl)c(F)cc2c1=O. The van der Waals surface area contributed by atoms with E-state index in [1.54, 1.807) is 18.4 Å². The van der Waals surface area contributed by atoms with Crippen molar-refractivity contribution in [2.24, 2.45) is 0 Å². The van der Waals surface area contributed by atoms with Crippen LogP contribution in [0.2, 0.25) is 5.15 Å². The first kappa shape index (κ1) is 15.4. The van der Waals surface area contributed by atoms with E-state index in [2.05, 4.69) is 4.98 Å². The maximum absolute atomic E-state index is 13.6. The lowest BCUT2D eigenvalue weighted by atomic mass is 10.1. The second-order valence-corrected chi connectivity index (χ2v) is 4.74. The van der Waals surface area contributed by atoms with Crippen LogP contribution >= 0.6 is 11.6 Å². The van der Waals surface area contributed by atoms with E-state index in [1.807, 2.05) is 6.92 Å². The van der Waals surface area contributed by atoms with Gasteiger partial charge in [-0.25, -0.2) is 14.2 Å². The van der Waals surface area contributed by atoms with E-state index in [0.717, 1.165) is 6.07 Å². The molecule has 5 nitrogen and oxygen atoms in total. The number of halogens is 2. The van der Waals surface area contributed by atoms with Gasteiger partial charge in [0, 0.05) is 12.2 Å². The molecule has 0 bridgehead atoms. The zero-order valence-electron chi connectivity index (χ0n) is 11.9. The monoisotopic (exact) mass is 312 g/mol. The molecule has 0 atom stereocenters. The van der Waals surface area contributed by atoms with Crippen molar-refractivity contribution < 1.29 is 13.9 Å². The van der Waals surface area contributed by atoms with Gasteiger partial charge in [0.2, 0.25) is 5.43 Å². The summed E-state index contributed by atoms with van der Waals surface area (Å²) in [4.78, 5) is 28.3. The fraction of sp³-hybridized carbons (Fsp3) is 0.357. The Kier molecular flexibility index (Phi) is 4.27. The fourth-order valence-corrected chi connectivity index (χ4v) is 2.39. The maximum atomic E-state index is 13.6. The lowest BCUT2D eigenvalue weighted by Crippen LogP contribution is -2.24. The lowest BCUT2D eigenvalue weighted by Gasteiger charge is -2.15. The molecule has 0 N–H and O–H groups in total. The van der Waals surface area contributed by atoms with Gasteiger partial charge >= 0.3 is 5.97 Å². The van der Waals surface area contributed by atoms with Crippen LogP contribution < -0.4 is 5.43 Å². The van der Waals surface area contributed by atoms with Crippen LogP contribution in [0.25, 0.3) is 11.0 Å². The first-order valence-electron chi connectivity index (χ1n) is 6.48. The highest BCUT2D eigenvalue weighted by atomic mass is 35.5. The van der Waals surface area contributed by atoms with Crippen LogP contribution in [0.4, 0.5) is 4.39 Å². The van der Waals surface area contributed by atoms with Crippen molar-refractivity contribution in [3.8, 4) is 0 Å². The topological polar surface area (TPSA) is 61.2 Å². The number of carbonyl (C=O) groups is 1. The minimum Gasteiger partial charge on any atom is -0.462 e. The number of nitrogens with zero attached hydrogens (tertiary/aromatic N) is 2. The molecule has 0 aliphatic carbocycles. The quantitative estimate of drug-likeness (QED) is 0.646. The number of carbonyl (C=O) groups excluding carboxylic acids is 1. The molecule has 112 valence electrons. The van der Waals surface area contributed by atoms with E-state index in [9.17, 15) is 14.0 Å². The molecule has 2 aromatic heterocycles. The summed E-state index contributed by atoms with van der Waals surface area (Å²) in [6.45, 7) is 5.69. The number of aryl methyl sites for hydroxylation is 1. The summed E-state index contributed by atoms with van der Waals surface area (Å²) in [6.07, 6.45) is 0. The second kappa shape index (κ2) is 5.81. The summed E-state index contributed by atoms with van der Waals surface area (Å²) in [5, 5.41) is -0.306. The molecule has 2 aromatic rings. The van der Waals surface area contributed by atoms with Gasteiger partial charge in [-0.2, -0.15) is 0 Å². The van der Waals surface area contributed by atoms with Crippen LogP contribution in [0.3, 0.4) is 0 Å². The standard InChI is InChI=1S/C14H14ClFN2O3/c1-4-18-7(3)10(14(20)21-5-2)11(19)8-6-9(16)12(15)17-13(8)18/h6H,4-5H2,1-3H3. The van der Waals surface area contributed by atoms with Crippen molar-refractivity contribution in [3.63, 3.8) is 0 Å². The number of ether oxygens (including phenoxy) is 1. The number of aromatic nitrogens is 2. The molecule has 2 rings (SSSR count). The molecule has 0 amide bonds. The van der Waals surface area contributed by atoms with Gasteiger partial charge in [-0.3, -0.25) is 4.79 Å². The minimum atomic E-state index is -0.803. The second-order valence-electron chi connectivity index (χ2n) is 4.39. The van der Waals surface area contributed by atoms with E-state index >= 15 is 0 Å². The average Bonchev–Trinajstić information content (AvgIpc) is 2.42. The van der Waals surface area contributed by atoms with Crippen molar-refractivity contribution >= 4 is 28.6 Å². The third-order valence-corrected chi connectivity index (χ3v) is 3.47. The Morgan fingerprint density at radius 1 is 1.48 bits per heavy atom. The predicted molar refractivity (Wildman–Crippen MR) is 77.3 cm³/mol. The number of pyridine rings is 2. The zero-order valence-corrected chi connectivity index (χ0v) is 12.6. The molecule has 0 aliphatic rings. The Balaban J connectivity index is 2.93. The highest BCUT2D eigenvalue weighted by Crippen LogP contribution is 2.20. The van der Waals surface area contributed by atoms with Crippen LogP contribution in [0.5, 0.6) is 0 Å².